The summed E-state index contributed by atoms with van der Waals surface area (Å²) in [5.74, 6) is -0.525. The molecule has 1 aliphatic carbocycles. The van der Waals surface area contributed by atoms with E-state index in [0.717, 1.165) is 38.5 Å². The fourth-order valence-electron chi connectivity index (χ4n) is 4.13. The molecule has 1 amide bonds. The molecule has 8 heteroatoms. The molecule has 0 radical (unpaired) electrons. The summed E-state index contributed by atoms with van der Waals surface area (Å²) in [7, 11) is -3.55. The summed E-state index contributed by atoms with van der Waals surface area (Å²) in [6.07, 6.45) is 6.17. The van der Waals surface area contributed by atoms with Crippen molar-refractivity contribution in [3.63, 3.8) is 0 Å². The number of hydrogen-bond donors (Lipinski definition) is 1. The van der Waals surface area contributed by atoms with E-state index in [9.17, 15) is 18.0 Å². The van der Waals surface area contributed by atoms with Crippen LogP contribution in [0.2, 0.25) is 0 Å². The Balaban J connectivity index is 1.58. The summed E-state index contributed by atoms with van der Waals surface area (Å²) >= 11 is 0. The van der Waals surface area contributed by atoms with Crippen LogP contribution in [0.25, 0.3) is 0 Å². The van der Waals surface area contributed by atoms with Gasteiger partial charge in [0.1, 0.15) is 0 Å². The molecule has 3 rings (SSSR count). The van der Waals surface area contributed by atoms with E-state index in [0.29, 0.717) is 19.0 Å². The first-order valence-electron chi connectivity index (χ1n) is 10.9. The molecule has 3 atom stereocenters. The fourth-order valence-corrected chi connectivity index (χ4v) is 5.65. The molecule has 0 bridgehead atoms. The monoisotopic (exact) mass is 436 g/mol. The minimum absolute atomic E-state index is 0.117. The molecule has 1 aromatic carbocycles. The van der Waals surface area contributed by atoms with Crippen molar-refractivity contribution in [2.75, 3.05) is 13.1 Å². The second-order valence-electron chi connectivity index (χ2n) is 8.41. The zero-order valence-corrected chi connectivity index (χ0v) is 18.6. The normalized spacial score (nSPS) is 24.1. The average Bonchev–Trinajstić information content (AvgIpc) is 2.76. The number of benzene rings is 1. The molecule has 1 aromatic rings. The molecular weight excluding hydrogens is 404 g/mol. The highest BCUT2D eigenvalue weighted by molar-refractivity contribution is 7.89. The van der Waals surface area contributed by atoms with Gasteiger partial charge >= 0.3 is 5.97 Å². The van der Waals surface area contributed by atoms with Crippen molar-refractivity contribution in [1.82, 2.24) is 9.62 Å². The molecule has 2 fully saturated rings. The van der Waals surface area contributed by atoms with E-state index in [2.05, 4.69) is 12.2 Å². The van der Waals surface area contributed by atoms with Crippen molar-refractivity contribution in [3.05, 3.63) is 29.8 Å². The molecular formula is C22H32N2O5S. The Kier molecular flexibility index (Phi) is 7.52. The number of rotatable bonds is 6. The number of esters is 1. The third-order valence-corrected chi connectivity index (χ3v) is 8.05. The van der Waals surface area contributed by atoms with Gasteiger partial charge in [-0.05, 0) is 62.8 Å². The first-order chi connectivity index (χ1) is 14.3. The summed E-state index contributed by atoms with van der Waals surface area (Å²) < 4.78 is 32.2. The standard InChI is InChI=1S/C22H32N2O5S/c1-16-8-4-5-9-20(16)23-21(25)17(2)29-22(26)18-10-12-19(13-11-18)30(27,28)24-14-6-3-7-15-24/h10-13,16-17,20H,3-9,14-15H2,1-2H3,(H,23,25)/t16-,17-,20-/m1/s1. The summed E-state index contributed by atoms with van der Waals surface area (Å²) in [6.45, 7) is 4.73. The highest BCUT2D eigenvalue weighted by Crippen LogP contribution is 2.24. The van der Waals surface area contributed by atoms with Gasteiger partial charge in [0.25, 0.3) is 5.91 Å². The maximum absolute atomic E-state index is 12.7. The van der Waals surface area contributed by atoms with Gasteiger partial charge in [-0.3, -0.25) is 4.79 Å². The van der Waals surface area contributed by atoms with Crippen LogP contribution in [0.4, 0.5) is 0 Å². The van der Waals surface area contributed by atoms with Gasteiger partial charge < -0.3 is 10.1 Å². The minimum Gasteiger partial charge on any atom is -0.449 e. The topological polar surface area (TPSA) is 92.8 Å². The Morgan fingerprint density at radius 2 is 1.67 bits per heavy atom. The molecule has 0 unspecified atom stereocenters. The first kappa shape index (κ1) is 22.7. The molecule has 166 valence electrons. The largest absolute Gasteiger partial charge is 0.449 e. The lowest BCUT2D eigenvalue weighted by atomic mass is 9.86. The average molecular weight is 437 g/mol. The molecule has 1 N–H and O–H groups in total. The van der Waals surface area contributed by atoms with Gasteiger partial charge in [0.15, 0.2) is 6.10 Å². The van der Waals surface area contributed by atoms with Gasteiger partial charge in [0, 0.05) is 19.1 Å². The second kappa shape index (κ2) is 9.92. The van der Waals surface area contributed by atoms with Crippen LogP contribution in [0.5, 0.6) is 0 Å². The molecule has 1 saturated heterocycles. The SMILES string of the molecule is C[C@@H]1CCCC[C@H]1NC(=O)[C@@H](C)OC(=O)c1ccc(S(=O)(=O)N2CCCCC2)cc1. The number of nitrogens with zero attached hydrogens (tertiary/aromatic N) is 1. The number of ether oxygens (including phenoxy) is 1. The second-order valence-corrected chi connectivity index (χ2v) is 10.4. The van der Waals surface area contributed by atoms with E-state index in [1.807, 2.05) is 0 Å². The molecule has 0 aromatic heterocycles. The zero-order chi connectivity index (χ0) is 21.7. The lowest BCUT2D eigenvalue weighted by Gasteiger charge is -2.30. The van der Waals surface area contributed by atoms with Gasteiger partial charge in [0.2, 0.25) is 10.0 Å². The first-order valence-corrected chi connectivity index (χ1v) is 12.3. The number of piperidine rings is 1. The molecule has 2 aliphatic rings. The highest BCUT2D eigenvalue weighted by Gasteiger charge is 2.28. The maximum atomic E-state index is 12.7. The number of amides is 1. The van der Waals surface area contributed by atoms with Crippen molar-refractivity contribution >= 4 is 21.9 Å². The van der Waals surface area contributed by atoms with Crippen LogP contribution in [0.3, 0.4) is 0 Å². The van der Waals surface area contributed by atoms with Crippen molar-refractivity contribution < 1.29 is 22.7 Å². The van der Waals surface area contributed by atoms with Gasteiger partial charge in [-0.1, -0.05) is 26.2 Å². The Hall–Kier alpha value is -1.93. The van der Waals surface area contributed by atoms with Crippen molar-refractivity contribution in [2.24, 2.45) is 5.92 Å². The van der Waals surface area contributed by atoms with E-state index < -0.39 is 22.1 Å². The Bertz CT molecular complexity index is 847. The molecule has 7 nitrogen and oxygen atoms in total. The number of sulfonamides is 1. The Labute approximate surface area is 179 Å². The Morgan fingerprint density at radius 1 is 1.03 bits per heavy atom. The van der Waals surface area contributed by atoms with Crippen molar-refractivity contribution in [2.45, 2.75) is 75.8 Å². The van der Waals surface area contributed by atoms with E-state index in [1.54, 1.807) is 6.92 Å². The summed E-state index contributed by atoms with van der Waals surface area (Å²) in [5, 5.41) is 2.99. The van der Waals surface area contributed by atoms with E-state index in [1.165, 1.54) is 35.0 Å². The number of carbonyl (C=O) groups excluding carboxylic acids is 2. The van der Waals surface area contributed by atoms with E-state index >= 15 is 0 Å². The summed E-state index contributed by atoms with van der Waals surface area (Å²) in [5.41, 5.74) is 0.221. The van der Waals surface area contributed by atoms with E-state index in [4.69, 9.17) is 4.74 Å². The molecule has 30 heavy (non-hydrogen) atoms. The maximum Gasteiger partial charge on any atom is 0.338 e. The van der Waals surface area contributed by atoms with Crippen LogP contribution in [-0.2, 0) is 19.6 Å². The van der Waals surface area contributed by atoms with Crippen molar-refractivity contribution in [3.8, 4) is 0 Å². The van der Waals surface area contributed by atoms with Crippen LogP contribution < -0.4 is 5.32 Å². The molecule has 1 heterocycles. The predicted octanol–water partition coefficient (Wildman–Crippen LogP) is 3.10. The quantitative estimate of drug-likeness (QED) is 0.692. The smallest absolute Gasteiger partial charge is 0.338 e. The van der Waals surface area contributed by atoms with Crippen LogP contribution in [0.15, 0.2) is 29.2 Å². The third-order valence-electron chi connectivity index (χ3n) is 6.14. The number of carbonyl (C=O) groups is 2. The molecule has 1 aliphatic heterocycles. The van der Waals surface area contributed by atoms with Crippen LogP contribution in [-0.4, -0.2) is 49.8 Å². The number of nitrogens with one attached hydrogen (secondary N) is 1. The lowest BCUT2D eigenvalue weighted by Crippen LogP contribution is -2.45. The van der Waals surface area contributed by atoms with E-state index in [-0.39, 0.29) is 22.4 Å². The third kappa shape index (κ3) is 5.40. The van der Waals surface area contributed by atoms with Gasteiger partial charge in [-0.15, -0.1) is 0 Å². The Morgan fingerprint density at radius 3 is 2.30 bits per heavy atom. The lowest BCUT2D eigenvalue weighted by molar-refractivity contribution is -0.130. The highest BCUT2D eigenvalue weighted by atomic mass is 32.2. The zero-order valence-electron chi connectivity index (χ0n) is 17.8. The van der Waals surface area contributed by atoms with Crippen LogP contribution in [0.1, 0.15) is 69.2 Å². The van der Waals surface area contributed by atoms with Gasteiger partial charge in [0.05, 0.1) is 10.5 Å². The molecule has 0 spiro atoms. The van der Waals surface area contributed by atoms with Gasteiger partial charge in [-0.2, -0.15) is 4.31 Å². The summed E-state index contributed by atoms with van der Waals surface area (Å²) in [4.78, 5) is 25.0. The fraction of sp³-hybridized carbons (Fsp3) is 0.636. The number of hydrogen-bond acceptors (Lipinski definition) is 5. The van der Waals surface area contributed by atoms with Crippen LogP contribution in [0, 0.1) is 5.92 Å². The van der Waals surface area contributed by atoms with Crippen LogP contribution >= 0.6 is 0 Å². The van der Waals surface area contributed by atoms with Crippen molar-refractivity contribution in [1.29, 1.82) is 0 Å². The van der Waals surface area contributed by atoms with Gasteiger partial charge in [-0.25, -0.2) is 13.2 Å². The summed E-state index contributed by atoms with van der Waals surface area (Å²) in [6, 6.07) is 5.84. The minimum atomic E-state index is -3.55. The molecule has 1 saturated carbocycles. The predicted molar refractivity (Wildman–Crippen MR) is 113 cm³/mol.